The molecule has 0 spiro atoms. The first-order chi connectivity index (χ1) is 19.6. The molecular formula is C32H39Cl2N3O4S. The number of halogens is 2. The third-order valence-electron chi connectivity index (χ3n) is 6.53. The van der Waals surface area contributed by atoms with Crippen LogP contribution >= 0.6 is 23.2 Å². The number of sulfonamides is 1. The van der Waals surface area contributed by atoms with E-state index in [0.717, 1.165) is 27.3 Å². The van der Waals surface area contributed by atoms with Crippen molar-refractivity contribution in [2.24, 2.45) is 0 Å². The Morgan fingerprint density at radius 1 is 0.929 bits per heavy atom. The first-order valence-corrected chi connectivity index (χ1v) is 16.4. The van der Waals surface area contributed by atoms with Crippen LogP contribution < -0.4 is 9.62 Å². The predicted octanol–water partition coefficient (Wildman–Crippen LogP) is 6.40. The van der Waals surface area contributed by atoms with Gasteiger partial charge in [0.15, 0.2) is 0 Å². The summed E-state index contributed by atoms with van der Waals surface area (Å²) in [6, 6.07) is 21.2. The number of benzene rings is 3. The molecule has 0 aliphatic rings. The zero-order chi connectivity index (χ0) is 31.1. The summed E-state index contributed by atoms with van der Waals surface area (Å²) in [5, 5.41) is 3.63. The second-order valence-electron chi connectivity index (χ2n) is 11.5. The quantitative estimate of drug-likeness (QED) is 0.250. The van der Waals surface area contributed by atoms with E-state index in [-0.39, 0.29) is 48.5 Å². The van der Waals surface area contributed by atoms with Crippen LogP contribution in [0, 0.1) is 6.92 Å². The van der Waals surface area contributed by atoms with E-state index in [2.05, 4.69) is 5.32 Å². The molecule has 0 bridgehead atoms. The summed E-state index contributed by atoms with van der Waals surface area (Å²) in [4.78, 5) is 29.3. The second-order valence-corrected chi connectivity index (χ2v) is 14.2. The van der Waals surface area contributed by atoms with Gasteiger partial charge in [0, 0.05) is 36.5 Å². The molecule has 226 valence electrons. The molecule has 10 heteroatoms. The number of anilines is 1. The number of rotatable bonds is 12. The topological polar surface area (TPSA) is 86.8 Å². The van der Waals surface area contributed by atoms with Crippen LogP contribution in [0.2, 0.25) is 10.0 Å². The number of nitrogens with zero attached hydrogens (tertiary/aromatic N) is 2. The fraction of sp³-hybridized carbons (Fsp3) is 0.375. The van der Waals surface area contributed by atoms with Gasteiger partial charge in [-0.2, -0.15) is 0 Å². The lowest BCUT2D eigenvalue weighted by Gasteiger charge is -2.34. The average molecular weight is 633 g/mol. The van der Waals surface area contributed by atoms with E-state index < -0.39 is 21.6 Å². The summed E-state index contributed by atoms with van der Waals surface area (Å²) in [6.45, 7) is 7.92. The van der Waals surface area contributed by atoms with Gasteiger partial charge in [0.2, 0.25) is 21.8 Å². The molecule has 0 radical (unpaired) electrons. The summed E-state index contributed by atoms with van der Waals surface area (Å²) in [7, 11) is -3.72. The van der Waals surface area contributed by atoms with E-state index in [4.69, 9.17) is 23.2 Å². The number of aryl methyl sites for hydroxylation is 1. The molecule has 0 heterocycles. The molecule has 3 rings (SSSR count). The Bertz CT molecular complexity index is 1490. The van der Waals surface area contributed by atoms with Gasteiger partial charge in [0.25, 0.3) is 0 Å². The number of nitrogens with one attached hydrogen (secondary N) is 1. The Balaban J connectivity index is 1.92. The van der Waals surface area contributed by atoms with Crippen molar-refractivity contribution < 1.29 is 18.0 Å². The maximum absolute atomic E-state index is 14.0. The van der Waals surface area contributed by atoms with Crippen molar-refractivity contribution in [1.29, 1.82) is 0 Å². The standard InChI is InChI=1S/C32H39Cl2N3O4S/c1-23-11-9-14-25(19-23)22-36(29(31(39)35-32(2,3)4)20-24-12-7-6-8-13-24)30(38)15-10-18-37(42(5,40)41)28-21-26(33)16-17-27(28)34/h6-9,11-14,16-17,19,21,29H,10,15,18,20,22H2,1-5H3,(H,35,39)/t29-/m1/s1. The van der Waals surface area contributed by atoms with Crippen LogP contribution in [-0.4, -0.2) is 49.5 Å². The van der Waals surface area contributed by atoms with E-state index in [1.807, 2.05) is 82.3 Å². The van der Waals surface area contributed by atoms with Crippen LogP contribution in [0.15, 0.2) is 72.8 Å². The van der Waals surface area contributed by atoms with E-state index >= 15 is 0 Å². The van der Waals surface area contributed by atoms with Gasteiger partial charge in [-0.25, -0.2) is 8.42 Å². The van der Waals surface area contributed by atoms with E-state index in [1.165, 1.54) is 12.1 Å². The summed E-state index contributed by atoms with van der Waals surface area (Å²) in [5.41, 5.74) is 2.61. The minimum absolute atomic E-state index is 0.0143. The number of amides is 2. The third-order valence-corrected chi connectivity index (χ3v) is 8.27. The van der Waals surface area contributed by atoms with Crippen molar-refractivity contribution in [3.63, 3.8) is 0 Å². The zero-order valence-corrected chi connectivity index (χ0v) is 27.1. The van der Waals surface area contributed by atoms with Gasteiger partial charge in [0.1, 0.15) is 6.04 Å². The minimum Gasteiger partial charge on any atom is -0.350 e. The van der Waals surface area contributed by atoms with Crippen molar-refractivity contribution in [3.05, 3.63) is 99.5 Å². The fourth-order valence-corrected chi connectivity index (χ4v) is 6.08. The highest BCUT2D eigenvalue weighted by molar-refractivity contribution is 7.92. The Labute approximate surface area is 259 Å². The molecule has 7 nitrogen and oxygen atoms in total. The van der Waals surface area contributed by atoms with Gasteiger partial charge in [-0.05, 0) is 63.4 Å². The number of hydrogen-bond acceptors (Lipinski definition) is 4. The largest absolute Gasteiger partial charge is 0.350 e. The Kier molecular flexibility index (Phi) is 11.5. The van der Waals surface area contributed by atoms with Crippen LogP contribution in [0.3, 0.4) is 0 Å². The lowest BCUT2D eigenvalue weighted by Crippen LogP contribution is -2.54. The van der Waals surface area contributed by atoms with Gasteiger partial charge in [-0.3, -0.25) is 13.9 Å². The van der Waals surface area contributed by atoms with Crippen LogP contribution in [0.4, 0.5) is 5.69 Å². The molecular weight excluding hydrogens is 593 g/mol. The van der Waals surface area contributed by atoms with Crippen LogP contribution in [0.5, 0.6) is 0 Å². The smallest absolute Gasteiger partial charge is 0.243 e. The molecule has 3 aromatic rings. The van der Waals surface area contributed by atoms with Crippen molar-refractivity contribution in [2.45, 2.75) is 65.1 Å². The second kappa shape index (κ2) is 14.4. The monoisotopic (exact) mass is 631 g/mol. The number of hydrogen-bond donors (Lipinski definition) is 1. The lowest BCUT2D eigenvalue weighted by atomic mass is 10.00. The highest BCUT2D eigenvalue weighted by atomic mass is 35.5. The molecule has 3 aromatic carbocycles. The first kappa shape index (κ1) is 33.4. The van der Waals surface area contributed by atoms with Crippen molar-refractivity contribution in [2.75, 3.05) is 17.1 Å². The van der Waals surface area contributed by atoms with Gasteiger partial charge in [0.05, 0.1) is 17.0 Å². The van der Waals surface area contributed by atoms with Crippen LogP contribution in [0.25, 0.3) is 0 Å². The minimum atomic E-state index is -3.72. The normalized spacial score (nSPS) is 12.5. The highest BCUT2D eigenvalue weighted by Crippen LogP contribution is 2.31. The average Bonchev–Trinajstić information content (AvgIpc) is 2.89. The summed E-state index contributed by atoms with van der Waals surface area (Å²) >= 11 is 12.4. The molecule has 0 fully saturated rings. The predicted molar refractivity (Wildman–Crippen MR) is 171 cm³/mol. The first-order valence-electron chi connectivity index (χ1n) is 13.8. The van der Waals surface area contributed by atoms with Crippen molar-refractivity contribution >= 4 is 50.7 Å². The van der Waals surface area contributed by atoms with E-state index in [0.29, 0.717) is 11.4 Å². The number of carbonyl (C=O) groups is 2. The molecule has 0 aliphatic carbocycles. The molecule has 1 N–H and O–H groups in total. The van der Waals surface area contributed by atoms with Crippen molar-refractivity contribution in [3.8, 4) is 0 Å². The molecule has 0 saturated heterocycles. The Morgan fingerprint density at radius 2 is 1.60 bits per heavy atom. The maximum Gasteiger partial charge on any atom is 0.243 e. The SMILES string of the molecule is Cc1cccc(CN(C(=O)CCCN(c2cc(Cl)ccc2Cl)S(C)(=O)=O)[C@H](Cc2ccccc2)C(=O)NC(C)(C)C)c1. The number of carbonyl (C=O) groups excluding carboxylic acids is 2. The fourth-order valence-electron chi connectivity index (χ4n) is 4.67. The molecule has 1 atom stereocenters. The molecule has 0 saturated carbocycles. The summed E-state index contributed by atoms with van der Waals surface area (Å²) in [6.07, 6.45) is 1.64. The molecule has 2 amide bonds. The summed E-state index contributed by atoms with van der Waals surface area (Å²) < 4.78 is 26.5. The van der Waals surface area contributed by atoms with Gasteiger partial charge in [-0.15, -0.1) is 0 Å². The van der Waals surface area contributed by atoms with E-state index in [9.17, 15) is 18.0 Å². The molecule has 0 aliphatic heterocycles. The van der Waals surface area contributed by atoms with E-state index in [1.54, 1.807) is 11.0 Å². The van der Waals surface area contributed by atoms with Gasteiger partial charge in [-0.1, -0.05) is 83.4 Å². The highest BCUT2D eigenvalue weighted by Gasteiger charge is 2.32. The maximum atomic E-state index is 14.0. The molecule has 42 heavy (non-hydrogen) atoms. The summed E-state index contributed by atoms with van der Waals surface area (Å²) in [5.74, 6) is -0.511. The van der Waals surface area contributed by atoms with Crippen molar-refractivity contribution in [1.82, 2.24) is 10.2 Å². The zero-order valence-electron chi connectivity index (χ0n) is 24.7. The van der Waals surface area contributed by atoms with Gasteiger partial charge < -0.3 is 10.2 Å². The Morgan fingerprint density at radius 3 is 2.21 bits per heavy atom. The van der Waals surface area contributed by atoms with Crippen LogP contribution in [0.1, 0.15) is 50.3 Å². The van der Waals surface area contributed by atoms with Gasteiger partial charge >= 0.3 is 0 Å². The third kappa shape index (κ3) is 10.0. The molecule has 0 aromatic heterocycles. The van der Waals surface area contributed by atoms with Crippen LogP contribution in [-0.2, 0) is 32.6 Å². The lowest BCUT2D eigenvalue weighted by molar-refractivity contribution is -0.142. The molecule has 0 unspecified atom stereocenters. The Hall–Kier alpha value is -3.07.